The maximum absolute atomic E-state index is 11.3. The fourth-order valence-electron chi connectivity index (χ4n) is 1.88. The van der Waals surface area contributed by atoms with Gasteiger partial charge in [-0.15, -0.1) is 0 Å². The van der Waals surface area contributed by atoms with Crippen LogP contribution in [0.25, 0.3) is 0 Å². The van der Waals surface area contributed by atoms with Crippen LogP contribution in [-0.2, 0) is 11.3 Å². The predicted octanol–water partition coefficient (Wildman–Crippen LogP) is 3.12. The number of ether oxygens (including phenoxy) is 1. The summed E-state index contributed by atoms with van der Waals surface area (Å²) in [5, 5.41) is 3.90. The third-order valence-electron chi connectivity index (χ3n) is 3.21. The molecule has 1 amide bonds. The molecule has 2 rings (SSSR count). The minimum atomic E-state index is -0.437. The van der Waals surface area contributed by atoms with Gasteiger partial charge in [-0.25, -0.2) is 10.1 Å². The van der Waals surface area contributed by atoms with Crippen LogP contribution >= 0.6 is 0 Å². The number of rotatable bonds is 5. The van der Waals surface area contributed by atoms with E-state index in [0.717, 1.165) is 17.9 Å². The van der Waals surface area contributed by atoms with Crippen molar-refractivity contribution in [3.8, 4) is 0 Å². The Balaban J connectivity index is 1.57. The van der Waals surface area contributed by atoms with Gasteiger partial charge in [0.05, 0.1) is 0 Å². The zero-order valence-electron chi connectivity index (χ0n) is 9.97. The molecule has 0 aromatic heterocycles. The van der Waals surface area contributed by atoms with Crippen LogP contribution in [0, 0.1) is 5.92 Å². The van der Waals surface area contributed by atoms with Crippen molar-refractivity contribution in [1.29, 1.82) is 0 Å². The molecule has 91 valence electrons. The standard InChI is InChI=1S/C14H18NO2/c16-14(15-10-9-12-7-4-8-12)17-11-13-5-2-1-3-6-13/h1-3,5-6,12H,4,7-11H2. The number of amides is 1. The van der Waals surface area contributed by atoms with Crippen molar-refractivity contribution in [3.63, 3.8) is 0 Å². The van der Waals surface area contributed by atoms with Crippen LogP contribution in [0.4, 0.5) is 4.79 Å². The molecule has 0 saturated heterocycles. The first-order valence-electron chi connectivity index (χ1n) is 6.23. The average molecular weight is 232 g/mol. The zero-order chi connectivity index (χ0) is 11.9. The number of nitrogens with zero attached hydrogens (tertiary/aromatic N) is 1. The number of carbonyl (C=O) groups excluding carboxylic acids is 1. The lowest BCUT2D eigenvalue weighted by molar-refractivity contribution is 0.137. The van der Waals surface area contributed by atoms with Gasteiger partial charge in [0.15, 0.2) is 0 Å². The summed E-state index contributed by atoms with van der Waals surface area (Å²) < 4.78 is 5.06. The smallest absolute Gasteiger partial charge is 0.429 e. The van der Waals surface area contributed by atoms with Crippen LogP contribution in [0.2, 0.25) is 0 Å². The molecule has 3 nitrogen and oxygen atoms in total. The van der Waals surface area contributed by atoms with Crippen LogP contribution < -0.4 is 5.32 Å². The predicted molar refractivity (Wildman–Crippen MR) is 65.6 cm³/mol. The Morgan fingerprint density at radius 1 is 1.29 bits per heavy atom. The first-order chi connectivity index (χ1) is 8.34. The Kier molecular flexibility index (Phi) is 4.42. The van der Waals surface area contributed by atoms with Crippen LogP contribution in [0.1, 0.15) is 31.2 Å². The minimum Gasteiger partial charge on any atom is -0.443 e. The Morgan fingerprint density at radius 2 is 2.06 bits per heavy atom. The lowest BCUT2D eigenvalue weighted by atomic mass is 9.83. The summed E-state index contributed by atoms with van der Waals surface area (Å²) in [4.78, 5) is 11.3. The second kappa shape index (κ2) is 6.28. The Labute approximate surface area is 102 Å². The average Bonchev–Trinajstić information content (AvgIpc) is 2.31. The van der Waals surface area contributed by atoms with Gasteiger partial charge in [-0.1, -0.05) is 49.6 Å². The summed E-state index contributed by atoms with van der Waals surface area (Å²) in [6, 6.07) is 9.66. The SMILES string of the molecule is O=C([N]CCC1CCC1)OCc1ccccc1. The molecule has 0 spiro atoms. The Morgan fingerprint density at radius 3 is 2.71 bits per heavy atom. The number of hydrogen-bond acceptors (Lipinski definition) is 2. The highest BCUT2D eigenvalue weighted by Gasteiger charge is 2.17. The molecule has 1 radical (unpaired) electrons. The lowest BCUT2D eigenvalue weighted by Gasteiger charge is -2.24. The van der Waals surface area contributed by atoms with E-state index in [1.807, 2.05) is 30.3 Å². The molecule has 0 N–H and O–H groups in total. The summed E-state index contributed by atoms with van der Waals surface area (Å²) in [6.07, 6.45) is 4.53. The van der Waals surface area contributed by atoms with E-state index in [0.29, 0.717) is 13.2 Å². The van der Waals surface area contributed by atoms with E-state index in [2.05, 4.69) is 5.32 Å². The van der Waals surface area contributed by atoms with Crippen LogP contribution in [0.5, 0.6) is 0 Å². The quantitative estimate of drug-likeness (QED) is 0.782. The maximum Gasteiger partial charge on any atom is 0.429 e. The van der Waals surface area contributed by atoms with Crippen LogP contribution in [0.15, 0.2) is 30.3 Å². The van der Waals surface area contributed by atoms with Crippen molar-refractivity contribution in [3.05, 3.63) is 35.9 Å². The molecule has 0 unspecified atom stereocenters. The largest absolute Gasteiger partial charge is 0.443 e. The van der Waals surface area contributed by atoms with Gasteiger partial charge in [0, 0.05) is 6.54 Å². The third-order valence-corrected chi connectivity index (χ3v) is 3.21. The molecule has 17 heavy (non-hydrogen) atoms. The molecule has 1 aliphatic carbocycles. The monoisotopic (exact) mass is 232 g/mol. The van der Waals surface area contributed by atoms with Crippen molar-refractivity contribution in [2.75, 3.05) is 6.54 Å². The molecule has 1 fully saturated rings. The second-order valence-corrected chi connectivity index (χ2v) is 4.51. The van der Waals surface area contributed by atoms with Gasteiger partial charge in [0.1, 0.15) is 6.61 Å². The second-order valence-electron chi connectivity index (χ2n) is 4.51. The van der Waals surface area contributed by atoms with E-state index >= 15 is 0 Å². The maximum atomic E-state index is 11.3. The van der Waals surface area contributed by atoms with Gasteiger partial charge in [-0.2, -0.15) is 0 Å². The fraction of sp³-hybridized carbons (Fsp3) is 0.500. The summed E-state index contributed by atoms with van der Waals surface area (Å²) in [5.74, 6) is 0.792. The first kappa shape index (κ1) is 12.0. The van der Waals surface area contributed by atoms with Gasteiger partial charge in [0.25, 0.3) is 0 Å². The minimum absolute atomic E-state index is 0.312. The molecule has 0 heterocycles. The lowest BCUT2D eigenvalue weighted by Crippen LogP contribution is -2.22. The zero-order valence-corrected chi connectivity index (χ0v) is 9.97. The van der Waals surface area contributed by atoms with Crippen molar-refractivity contribution >= 4 is 6.09 Å². The number of benzene rings is 1. The number of hydrogen-bond donors (Lipinski definition) is 0. The summed E-state index contributed by atoms with van der Waals surface area (Å²) in [7, 11) is 0. The molecule has 0 atom stereocenters. The van der Waals surface area contributed by atoms with E-state index in [1.54, 1.807) is 0 Å². The van der Waals surface area contributed by atoms with E-state index in [4.69, 9.17) is 4.74 Å². The van der Waals surface area contributed by atoms with Crippen molar-refractivity contribution in [2.24, 2.45) is 5.92 Å². The molecule has 1 aromatic rings. The molecule has 3 heteroatoms. The van der Waals surface area contributed by atoms with E-state index < -0.39 is 6.09 Å². The highest BCUT2D eigenvalue weighted by atomic mass is 16.5. The summed E-state index contributed by atoms with van der Waals surface area (Å²) in [5.41, 5.74) is 0.995. The highest BCUT2D eigenvalue weighted by molar-refractivity contribution is 5.66. The summed E-state index contributed by atoms with van der Waals surface area (Å²) in [6.45, 7) is 0.922. The van der Waals surface area contributed by atoms with E-state index in [9.17, 15) is 4.79 Å². The molecular weight excluding hydrogens is 214 g/mol. The molecule has 0 aliphatic heterocycles. The van der Waals surface area contributed by atoms with Gasteiger partial charge < -0.3 is 4.74 Å². The number of carbonyl (C=O) groups is 1. The molecule has 1 aliphatic rings. The van der Waals surface area contributed by atoms with Gasteiger partial charge in [0.2, 0.25) is 0 Å². The van der Waals surface area contributed by atoms with Crippen molar-refractivity contribution in [1.82, 2.24) is 5.32 Å². The third kappa shape index (κ3) is 4.10. The van der Waals surface area contributed by atoms with Crippen LogP contribution in [-0.4, -0.2) is 12.6 Å². The van der Waals surface area contributed by atoms with Crippen LogP contribution in [0.3, 0.4) is 0 Å². The molecule has 1 saturated carbocycles. The van der Waals surface area contributed by atoms with Gasteiger partial charge in [-0.3, -0.25) is 0 Å². The molecule has 0 bridgehead atoms. The van der Waals surface area contributed by atoms with E-state index in [1.165, 1.54) is 19.3 Å². The topological polar surface area (TPSA) is 40.4 Å². The first-order valence-corrected chi connectivity index (χ1v) is 6.23. The van der Waals surface area contributed by atoms with Gasteiger partial charge in [-0.05, 0) is 17.9 Å². The van der Waals surface area contributed by atoms with Gasteiger partial charge >= 0.3 is 6.09 Å². The Hall–Kier alpha value is -1.51. The highest BCUT2D eigenvalue weighted by Crippen LogP contribution is 2.28. The molecule has 1 aromatic carbocycles. The summed E-state index contributed by atoms with van der Waals surface area (Å²) >= 11 is 0. The molecular formula is C14H18NO2. The fourth-order valence-corrected chi connectivity index (χ4v) is 1.88. The normalized spacial score (nSPS) is 15.1. The van der Waals surface area contributed by atoms with Crippen molar-refractivity contribution in [2.45, 2.75) is 32.3 Å². The van der Waals surface area contributed by atoms with E-state index in [-0.39, 0.29) is 0 Å². The van der Waals surface area contributed by atoms with Crippen molar-refractivity contribution < 1.29 is 9.53 Å². The Bertz CT molecular complexity index is 346.